The molecule has 7 nitrogen and oxygen atoms in total. The average molecular weight is 322 g/mol. The third kappa shape index (κ3) is 3.61. The summed E-state index contributed by atoms with van der Waals surface area (Å²) in [6.45, 7) is 5.07. The molecule has 0 aromatic carbocycles. The van der Waals surface area contributed by atoms with Gasteiger partial charge in [0.2, 0.25) is 0 Å². The fourth-order valence-electron chi connectivity index (χ4n) is 3.75. The number of carbonyl (C=O) groups is 2. The number of aliphatic hydroxyl groups excluding tert-OH is 1. The van der Waals surface area contributed by atoms with Crippen molar-refractivity contribution in [3.05, 3.63) is 22.9 Å². The number of aryl methyl sites for hydroxylation is 2. The SMILES string of the molecule is Cc1cc(C)c(C(=O)O)c(N2C[C@H]3CC(O)C[C@H]3C2)n1.O=CO. The van der Waals surface area contributed by atoms with Crippen LogP contribution in [0, 0.1) is 25.7 Å². The fraction of sp³-hybridized carbons (Fsp3) is 0.562. The van der Waals surface area contributed by atoms with E-state index in [9.17, 15) is 15.0 Å². The van der Waals surface area contributed by atoms with Crippen LogP contribution in [-0.2, 0) is 4.79 Å². The number of carboxylic acids is 1. The molecule has 1 aliphatic carbocycles. The van der Waals surface area contributed by atoms with Crippen molar-refractivity contribution in [3.63, 3.8) is 0 Å². The van der Waals surface area contributed by atoms with Crippen LogP contribution < -0.4 is 4.90 Å². The number of aromatic nitrogens is 1. The van der Waals surface area contributed by atoms with Gasteiger partial charge in [-0.15, -0.1) is 0 Å². The lowest BCUT2D eigenvalue weighted by Crippen LogP contribution is -2.26. The van der Waals surface area contributed by atoms with Gasteiger partial charge in [-0.3, -0.25) is 4.79 Å². The van der Waals surface area contributed by atoms with Crippen LogP contribution >= 0.6 is 0 Å². The predicted molar refractivity (Wildman–Crippen MR) is 83.8 cm³/mol. The standard InChI is InChI=1S/C15H20N2O3.CH2O2/c1-8-3-9(2)16-14(13(8)15(19)20)17-6-10-4-12(18)5-11(10)7-17;2-1-3/h3,10-12,18H,4-7H2,1-2H3,(H,19,20);1H,(H,2,3)/t10-,11+,12?;. The van der Waals surface area contributed by atoms with Crippen LogP contribution in [0.4, 0.5) is 5.82 Å². The highest BCUT2D eigenvalue weighted by atomic mass is 16.4. The molecule has 2 aliphatic rings. The van der Waals surface area contributed by atoms with Gasteiger partial charge in [-0.2, -0.15) is 0 Å². The fourth-order valence-corrected chi connectivity index (χ4v) is 3.75. The first kappa shape index (κ1) is 17.2. The second-order valence-corrected chi connectivity index (χ2v) is 6.24. The lowest BCUT2D eigenvalue weighted by molar-refractivity contribution is -0.122. The summed E-state index contributed by atoms with van der Waals surface area (Å²) in [7, 11) is 0. The normalized spacial score (nSPS) is 25.5. The quantitative estimate of drug-likeness (QED) is 0.704. The van der Waals surface area contributed by atoms with Gasteiger partial charge in [0.05, 0.1) is 6.10 Å². The van der Waals surface area contributed by atoms with Gasteiger partial charge in [0, 0.05) is 18.8 Å². The van der Waals surface area contributed by atoms with E-state index in [1.165, 1.54) is 0 Å². The topological polar surface area (TPSA) is 111 Å². The summed E-state index contributed by atoms with van der Waals surface area (Å²) in [6.07, 6.45) is 1.47. The van der Waals surface area contributed by atoms with Crippen LogP contribution in [0.5, 0.6) is 0 Å². The van der Waals surface area contributed by atoms with Crippen LogP contribution in [0.25, 0.3) is 0 Å². The molecule has 1 aromatic heterocycles. The molecule has 1 saturated carbocycles. The maximum Gasteiger partial charge on any atom is 0.339 e. The van der Waals surface area contributed by atoms with Crippen LogP contribution in [0.3, 0.4) is 0 Å². The lowest BCUT2D eigenvalue weighted by atomic mass is 10.0. The molecule has 0 bridgehead atoms. The lowest BCUT2D eigenvalue weighted by Gasteiger charge is -2.22. The Bertz CT molecular complexity index is 590. The van der Waals surface area contributed by atoms with E-state index in [0.717, 1.165) is 37.2 Å². The highest BCUT2D eigenvalue weighted by molar-refractivity contribution is 5.95. The maximum absolute atomic E-state index is 11.5. The third-order valence-corrected chi connectivity index (χ3v) is 4.57. The van der Waals surface area contributed by atoms with Crippen LogP contribution in [0.15, 0.2) is 6.07 Å². The number of carboxylic acid groups (broad SMARTS) is 2. The minimum Gasteiger partial charge on any atom is -0.483 e. The van der Waals surface area contributed by atoms with Gasteiger partial charge in [-0.25, -0.2) is 9.78 Å². The number of anilines is 1. The Labute approximate surface area is 134 Å². The molecule has 2 heterocycles. The summed E-state index contributed by atoms with van der Waals surface area (Å²) in [5.74, 6) is 0.615. The molecule has 1 aliphatic heterocycles. The molecule has 1 aromatic rings. The summed E-state index contributed by atoms with van der Waals surface area (Å²) >= 11 is 0. The molecule has 1 saturated heterocycles. The highest BCUT2D eigenvalue weighted by Crippen LogP contribution is 2.40. The second kappa shape index (κ2) is 6.95. The second-order valence-electron chi connectivity index (χ2n) is 6.24. The first-order chi connectivity index (χ1) is 10.9. The number of pyridine rings is 1. The van der Waals surface area contributed by atoms with Crippen molar-refractivity contribution in [1.29, 1.82) is 0 Å². The molecular weight excluding hydrogens is 300 g/mol. The van der Waals surface area contributed by atoms with E-state index < -0.39 is 5.97 Å². The Hall–Kier alpha value is -2.15. The number of nitrogens with zero attached hydrogens (tertiary/aromatic N) is 2. The molecule has 126 valence electrons. The van der Waals surface area contributed by atoms with Crippen molar-refractivity contribution in [2.24, 2.45) is 11.8 Å². The first-order valence-corrected chi connectivity index (χ1v) is 7.59. The van der Waals surface area contributed by atoms with Gasteiger partial charge in [-0.1, -0.05) is 0 Å². The molecule has 3 N–H and O–H groups in total. The molecular formula is C16H22N2O5. The van der Waals surface area contributed by atoms with Gasteiger partial charge in [0.15, 0.2) is 0 Å². The Morgan fingerprint density at radius 1 is 1.30 bits per heavy atom. The van der Waals surface area contributed by atoms with E-state index in [4.69, 9.17) is 9.90 Å². The summed E-state index contributed by atoms with van der Waals surface area (Å²) in [5, 5.41) is 26.0. The van der Waals surface area contributed by atoms with Crippen molar-refractivity contribution in [1.82, 2.24) is 4.98 Å². The monoisotopic (exact) mass is 322 g/mol. The van der Waals surface area contributed by atoms with Crippen molar-refractivity contribution in [2.75, 3.05) is 18.0 Å². The van der Waals surface area contributed by atoms with Crippen LogP contribution in [0.2, 0.25) is 0 Å². The molecule has 1 unspecified atom stereocenters. The van der Waals surface area contributed by atoms with Crippen LogP contribution in [-0.4, -0.2) is 51.9 Å². The zero-order chi connectivity index (χ0) is 17.1. The third-order valence-electron chi connectivity index (χ3n) is 4.57. The number of fused-ring (bicyclic) bond motifs is 1. The molecule has 0 spiro atoms. The zero-order valence-electron chi connectivity index (χ0n) is 13.3. The average Bonchev–Trinajstić information content (AvgIpc) is 2.95. The number of hydrogen-bond acceptors (Lipinski definition) is 5. The van der Waals surface area contributed by atoms with Gasteiger partial charge in [0.1, 0.15) is 11.4 Å². The predicted octanol–water partition coefficient (Wildman–Crippen LogP) is 1.30. The molecule has 7 heteroatoms. The number of aliphatic hydroxyl groups is 1. The Morgan fingerprint density at radius 3 is 2.30 bits per heavy atom. The van der Waals surface area contributed by atoms with E-state index in [-0.39, 0.29) is 12.6 Å². The summed E-state index contributed by atoms with van der Waals surface area (Å²) in [5.41, 5.74) is 1.92. The Morgan fingerprint density at radius 2 is 1.83 bits per heavy atom. The largest absolute Gasteiger partial charge is 0.483 e. The minimum atomic E-state index is -0.915. The van der Waals surface area contributed by atoms with Crippen molar-refractivity contribution in [2.45, 2.75) is 32.8 Å². The molecule has 0 radical (unpaired) electrons. The van der Waals surface area contributed by atoms with E-state index >= 15 is 0 Å². The smallest absolute Gasteiger partial charge is 0.339 e. The summed E-state index contributed by atoms with van der Waals surface area (Å²) in [4.78, 5) is 26.4. The number of aromatic carboxylic acids is 1. The summed E-state index contributed by atoms with van der Waals surface area (Å²) < 4.78 is 0. The highest BCUT2D eigenvalue weighted by Gasteiger charge is 2.41. The first-order valence-electron chi connectivity index (χ1n) is 7.59. The van der Waals surface area contributed by atoms with Crippen LogP contribution in [0.1, 0.15) is 34.5 Å². The van der Waals surface area contributed by atoms with E-state index in [2.05, 4.69) is 9.88 Å². The van der Waals surface area contributed by atoms with E-state index in [1.807, 2.05) is 19.9 Å². The van der Waals surface area contributed by atoms with Crippen molar-refractivity contribution in [3.8, 4) is 0 Å². The maximum atomic E-state index is 11.5. The van der Waals surface area contributed by atoms with Crippen molar-refractivity contribution < 1.29 is 24.9 Å². The van der Waals surface area contributed by atoms with Crippen molar-refractivity contribution >= 4 is 18.3 Å². The minimum absolute atomic E-state index is 0.182. The molecule has 2 fully saturated rings. The van der Waals surface area contributed by atoms with Gasteiger partial charge < -0.3 is 20.2 Å². The zero-order valence-corrected chi connectivity index (χ0v) is 13.3. The molecule has 23 heavy (non-hydrogen) atoms. The van der Waals surface area contributed by atoms with E-state index in [0.29, 0.717) is 23.2 Å². The number of hydrogen-bond donors (Lipinski definition) is 3. The van der Waals surface area contributed by atoms with E-state index in [1.54, 1.807) is 0 Å². The van der Waals surface area contributed by atoms with Gasteiger partial charge in [0.25, 0.3) is 6.47 Å². The molecule has 0 amide bonds. The Kier molecular flexibility index (Phi) is 5.20. The molecule has 3 atom stereocenters. The summed E-state index contributed by atoms with van der Waals surface area (Å²) in [6, 6.07) is 1.81. The van der Waals surface area contributed by atoms with Gasteiger partial charge in [-0.05, 0) is 50.2 Å². The molecule has 3 rings (SSSR count). The Balaban J connectivity index is 0.000000595. The van der Waals surface area contributed by atoms with Gasteiger partial charge >= 0.3 is 5.97 Å². The number of rotatable bonds is 2.